The molecular weight excluding hydrogens is 231 g/mol. The third-order valence-corrected chi connectivity index (χ3v) is 1.99. The van der Waals surface area contributed by atoms with Crippen molar-refractivity contribution < 1.29 is 26.7 Å². The molecule has 0 aromatic carbocycles. The summed E-state index contributed by atoms with van der Waals surface area (Å²) in [6.45, 7) is 0. The van der Waals surface area contributed by atoms with Crippen LogP contribution in [0.5, 0.6) is 0 Å². The maximum absolute atomic E-state index is 12.4. The Bertz CT molecular complexity index is 232. The number of carbonyl (C=O) groups is 1. The van der Waals surface area contributed by atoms with Gasteiger partial charge in [-0.05, 0) is 25.3 Å². The Balaban J connectivity index is 3.66. The van der Waals surface area contributed by atoms with E-state index >= 15 is 0 Å². The van der Waals surface area contributed by atoms with Crippen LogP contribution in [0, 0.1) is 0 Å². The zero-order valence-electron chi connectivity index (χ0n) is 8.57. The molecule has 6 heteroatoms. The Kier molecular flexibility index (Phi) is 6.21. The van der Waals surface area contributed by atoms with Crippen molar-refractivity contribution in [1.82, 2.24) is 0 Å². The summed E-state index contributed by atoms with van der Waals surface area (Å²) < 4.78 is 59.9. The minimum atomic E-state index is -5.45. The number of carbonyl (C=O) groups excluding carboxylic acids is 1. The molecule has 0 amide bonds. The topological polar surface area (TPSA) is 17.1 Å². The predicted octanol–water partition coefficient (Wildman–Crippen LogP) is 3.89. The smallest absolute Gasteiger partial charge is 0.299 e. The van der Waals surface area contributed by atoms with E-state index in [-0.39, 0.29) is 12.8 Å². The van der Waals surface area contributed by atoms with Gasteiger partial charge in [0.05, 0.1) is 0 Å². The van der Waals surface area contributed by atoms with Crippen LogP contribution in [0.25, 0.3) is 0 Å². The molecule has 0 unspecified atom stereocenters. The first kappa shape index (κ1) is 15.1. The fourth-order valence-electron chi connectivity index (χ4n) is 1.08. The monoisotopic (exact) mass is 244 g/mol. The van der Waals surface area contributed by atoms with E-state index in [2.05, 4.69) is 0 Å². The third kappa shape index (κ3) is 5.82. The zero-order chi connectivity index (χ0) is 12.7. The van der Waals surface area contributed by atoms with Crippen LogP contribution in [-0.4, -0.2) is 18.4 Å². The lowest BCUT2D eigenvalue weighted by molar-refractivity contribution is -0.284. The average molecular weight is 244 g/mol. The maximum atomic E-state index is 12.4. The molecule has 0 saturated carbocycles. The van der Waals surface area contributed by atoms with Gasteiger partial charge in [-0.2, -0.15) is 22.0 Å². The van der Waals surface area contributed by atoms with Gasteiger partial charge in [-0.15, -0.1) is 0 Å². The second kappa shape index (κ2) is 6.60. The van der Waals surface area contributed by atoms with Crippen LogP contribution in [0.3, 0.4) is 0 Å². The molecule has 0 aromatic rings. The highest BCUT2D eigenvalue weighted by Gasteiger charge is 2.56. The molecule has 0 rings (SSSR count). The minimum absolute atomic E-state index is 0.179. The highest BCUT2D eigenvalue weighted by atomic mass is 19.4. The van der Waals surface area contributed by atoms with Crippen molar-refractivity contribution in [3.8, 4) is 0 Å². The maximum Gasteiger partial charge on any atom is 0.453 e. The first-order chi connectivity index (χ1) is 7.31. The van der Waals surface area contributed by atoms with E-state index in [1.807, 2.05) is 0 Å². The summed E-state index contributed by atoms with van der Waals surface area (Å²) in [6.07, 6.45) is -2.11. The fraction of sp³-hybridized carbons (Fsp3) is 0.700. The summed E-state index contributed by atoms with van der Waals surface area (Å²) in [5.41, 5.74) is 0. The van der Waals surface area contributed by atoms with Crippen molar-refractivity contribution in [2.45, 2.75) is 44.2 Å². The van der Waals surface area contributed by atoms with E-state index in [9.17, 15) is 26.7 Å². The number of hydrogen-bond donors (Lipinski definition) is 0. The van der Waals surface area contributed by atoms with Crippen LogP contribution < -0.4 is 0 Å². The van der Waals surface area contributed by atoms with E-state index < -0.39 is 18.5 Å². The Labute approximate surface area is 90.3 Å². The highest BCUT2D eigenvalue weighted by molar-refractivity contribution is 5.64. The summed E-state index contributed by atoms with van der Waals surface area (Å²) in [6, 6.07) is 0. The molecule has 0 fully saturated rings. The fourth-order valence-corrected chi connectivity index (χ4v) is 1.08. The molecule has 0 aromatic heterocycles. The van der Waals surface area contributed by atoms with E-state index in [4.69, 9.17) is 0 Å². The molecule has 0 N–H and O–H groups in total. The molecular formula is C10H13F5O. The van der Waals surface area contributed by atoms with E-state index in [1.54, 1.807) is 6.08 Å². The van der Waals surface area contributed by atoms with Crippen molar-refractivity contribution >= 4 is 6.29 Å². The van der Waals surface area contributed by atoms with Gasteiger partial charge in [-0.1, -0.05) is 12.5 Å². The molecule has 0 spiro atoms. The Morgan fingerprint density at radius 1 is 0.938 bits per heavy atom. The number of unbranched alkanes of at least 4 members (excludes halogenated alkanes) is 3. The molecule has 94 valence electrons. The number of halogens is 5. The number of rotatable bonds is 7. The summed E-state index contributed by atoms with van der Waals surface area (Å²) >= 11 is 0. The average Bonchev–Trinajstić information content (AvgIpc) is 2.14. The van der Waals surface area contributed by atoms with Crippen molar-refractivity contribution in [2.24, 2.45) is 0 Å². The molecule has 0 aliphatic carbocycles. The van der Waals surface area contributed by atoms with Crippen LogP contribution in [-0.2, 0) is 4.79 Å². The minimum Gasteiger partial charge on any atom is -0.299 e. The van der Waals surface area contributed by atoms with Crippen LogP contribution in [0.2, 0.25) is 0 Å². The van der Waals surface area contributed by atoms with Gasteiger partial charge in [0.1, 0.15) is 6.29 Å². The van der Waals surface area contributed by atoms with Crippen molar-refractivity contribution in [2.75, 3.05) is 0 Å². The van der Waals surface area contributed by atoms with E-state index in [1.165, 1.54) is 6.08 Å². The Hall–Kier alpha value is -0.940. The molecule has 0 aliphatic rings. The molecule has 0 heterocycles. The summed E-state index contributed by atoms with van der Waals surface area (Å²) in [4.78, 5) is 9.82. The van der Waals surface area contributed by atoms with Gasteiger partial charge in [0.25, 0.3) is 0 Å². The molecule has 0 bridgehead atoms. The Morgan fingerprint density at radius 3 is 2.06 bits per heavy atom. The summed E-state index contributed by atoms with van der Waals surface area (Å²) in [7, 11) is 0. The number of aldehydes is 1. The second-order valence-electron chi connectivity index (χ2n) is 3.37. The lowest BCUT2D eigenvalue weighted by atomic mass is 10.1. The highest BCUT2D eigenvalue weighted by Crippen LogP contribution is 2.39. The molecule has 0 aliphatic heterocycles. The van der Waals surface area contributed by atoms with Gasteiger partial charge in [0, 0.05) is 6.42 Å². The predicted molar refractivity (Wildman–Crippen MR) is 49.3 cm³/mol. The first-order valence-electron chi connectivity index (χ1n) is 4.86. The quantitative estimate of drug-likeness (QED) is 0.287. The van der Waals surface area contributed by atoms with Crippen molar-refractivity contribution in [3.63, 3.8) is 0 Å². The van der Waals surface area contributed by atoms with E-state index in [0.717, 1.165) is 0 Å². The van der Waals surface area contributed by atoms with Gasteiger partial charge in [-0.3, -0.25) is 4.79 Å². The van der Waals surface area contributed by atoms with E-state index in [0.29, 0.717) is 19.1 Å². The van der Waals surface area contributed by atoms with Gasteiger partial charge >= 0.3 is 12.1 Å². The van der Waals surface area contributed by atoms with Gasteiger partial charge in [-0.25, -0.2) is 0 Å². The molecule has 1 nitrogen and oxygen atoms in total. The SMILES string of the molecule is O=C/C=C/CCCCCC(F)(F)C(F)(F)F. The van der Waals surface area contributed by atoms with Crippen molar-refractivity contribution in [1.29, 1.82) is 0 Å². The third-order valence-electron chi connectivity index (χ3n) is 1.99. The van der Waals surface area contributed by atoms with Crippen LogP contribution in [0.1, 0.15) is 32.1 Å². The van der Waals surface area contributed by atoms with Gasteiger partial charge < -0.3 is 0 Å². The second-order valence-corrected chi connectivity index (χ2v) is 3.37. The van der Waals surface area contributed by atoms with Crippen LogP contribution >= 0.6 is 0 Å². The van der Waals surface area contributed by atoms with Crippen molar-refractivity contribution in [3.05, 3.63) is 12.2 Å². The van der Waals surface area contributed by atoms with Gasteiger partial charge in [0.15, 0.2) is 0 Å². The normalized spacial score (nSPS) is 13.3. The molecule has 0 radical (unpaired) electrons. The first-order valence-corrected chi connectivity index (χ1v) is 4.86. The lowest BCUT2D eigenvalue weighted by Gasteiger charge is -2.19. The number of allylic oxidation sites excluding steroid dienone is 2. The molecule has 0 atom stereocenters. The molecule has 0 saturated heterocycles. The van der Waals surface area contributed by atoms with Crippen LogP contribution in [0.4, 0.5) is 22.0 Å². The summed E-state index contributed by atoms with van der Waals surface area (Å²) in [5.74, 6) is -4.59. The largest absolute Gasteiger partial charge is 0.453 e. The molecule has 16 heavy (non-hydrogen) atoms. The standard InChI is InChI=1S/C10H13F5O/c11-9(12,10(13,14)15)7-5-3-1-2-4-6-8-16/h4,6,8H,1-3,5,7H2/b6-4+. The van der Waals surface area contributed by atoms with Crippen LogP contribution in [0.15, 0.2) is 12.2 Å². The summed E-state index contributed by atoms with van der Waals surface area (Å²) in [5, 5.41) is 0. The number of alkyl halides is 5. The Morgan fingerprint density at radius 2 is 1.56 bits per heavy atom. The zero-order valence-corrected chi connectivity index (χ0v) is 8.57. The lowest BCUT2D eigenvalue weighted by Crippen LogP contribution is -2.36. The number of hydrogen-bond acceptors (Lipinski definition) is 1. The van der Waals surface area contributed by atoms with Gasteiger partial charge in [0.2, 0.25) is 0 Å².